The van der Waals surface area contributed by atoms with Crippen molar-refractivity contribution in [2.45, 2.75) is 34.9 Å². The first-order valence-corrected chi connectivity index (χ1v) is 13.6. The first-order valence-electron chi connectivity index (χ1n) is 13.6. The lowest BCUT2D eigenvalue weighted by Gasteiger charge is -2.09. The van der Waals surface area contributed by atoms with Gasteiger partial charge in [-0.3, -0.25) is 0 Å². The van der Waals surface area contributed by atoms with E-state index in [1.165, 1.54) is 36.4 Å². The van der Waals surface area contributed by atoms with Crippen LogP contribution in [0.15, 0.2) is 97.3 Å². The molecule has 0 unspecified atom stereocenters. The van der Waals surface area contributed by atoms with Crippen LogP contribution < -0.4 is 9.47 Å². The monoisotopic (exact) mass is 642 g/mol. The second kappa shape index (κ2) is 23.3. The van der Waals surface area contributed by atoms with Gasteiger partial charge in [-0.25, -0.2) is 18.4 Å². The van der Waals surface area contributed by atoms with Crippen molar-refractivity contribution in [2.75, 3.05) is 26.9 Å². The number of benzene rings is 2. The predicted molar refractivity (Wildman–Crippen MR) is 177 cm³/mol. The number of ether oxygens (including phenoxy) is 3. The second-order valence-corrected chi connectivity index (χ2v) is 8.62. The Kier molecular flexibility index (Phi) is 20.6. The highest BCUT2D eigenvalue weighted by Crippen LogP contribution is 2.14. The molecule has 2 aromatic heterocycles. The van der Waals surface area contributed by atoms with Gasteiger partial charge in [-0.05, 0) is 67.6 Å². The summed E-state index contributed by atoms with van der Waals surface area (Å²) in [6.07, 6.45) is 9.41. The number of nitrogens with zero attached hydrogens (tertiary/aromatic N) is 2. The molecule has 4 aromatic rings. The van der Waals surface area contributed by atoms with Crippen molar-refractivity contribution in [3.05, 3.63) is 120 Å². The number of hydrogen-bond acceptors (Lipinski definition) is 6. The Morgan fingerprint density at radius 1 is 0.739 bits per heavy atom. The molecule has 4 rings (SSSR count). The van der Waals surface area contributed by atoms with Crippen molar-refractivity contribution in [1.29, 1.82) is 0 Å². The molecule has 2 aromatic carbocycles. The summed E-state index contributed by atoms with van der Waals surface area (Å²) in [6, 6.07) is 19.4. The number of aliphatic carboxylic acids is 1. The number of carboxylic acids is 1. The van der Waals surface area contributed by atoms with Gasteiger partial charge >= 0.3 is 11.9 Å². The lowest BCUT2D eigenvalue weighted by atomic mass is 10.3. The van der Waals surface area contributed by atoms with E-state index >= 15 is 0 Å². The van der Waals surface area contributed by atoms with Gasteiger partial charge in [0.15, 0.2) is 0 Å². The van der Waals surface area contributed by atoms with Gasteiger partial charge in [-0.15, -0.1) is 0 Å². The second-order valence-electron chi connectivity index (χ2n) is 8.62. The van der Waals surface area contributed by atoms with Crippen LogP contribution in [0.1, 0.15) is 33.2 Å². The van der Waals surface area contributed by atoms with Crippen LogP contribution in [0.3, 0.4) is 0 Å². The molecule has 250 valence electrons. The average molecular weight is 643 g/mol. The number of rotatable bonds is 13. The van der Waals surface area contributed by atoms with Crippen LogP contribution >= 0.6 is 0 Å². The van der Waals surface area contributed by atoms with Gasteiger partial charge in [0.1, 0.15) is 36.3 Å². The van der Waals surface area contributed by atoms with E-state index in [2.05, 4.69) is 0 Å². The third kappa shape index (κ3) is 15.5. The standard InChI is InChI=1S/C17H18FNO3.C15H14FNO3.CH4O.2CH4/c1-2-21-17(20)9-8-15-6-4-10-19(15)11-12-22-16-7-3-5-14(18)13-16;16-12-3-1-5-14(11-12)20-10-9-17-8-2-4-13(17)6-7-15(18)19;1-2;;/h3-10,13H,2,11-12H2,1H3;1-8,11H,9-10H2,(H,18,19);2H,1H3;2*1H4/b9-8+;7-6+;;;. The Labute approximate surface area is 269 Å². The quantitative estimate of drug-likeness (QED) is 0.120. The van der Waals surface area contributed by atoms with Gasteiger partial charge in [-0.2, -0.15) is 0 Å². The fourth-order valence-electron chi connectivity index (χ4n) is 3.70. The molecule has 2 N–H and O–H groups in total. The highest BCUT2D eigenvalue weighted by Gasteiger charge is 2.02. The molecule has 0 saturated heterocycles. The van der Waals surface area contributed by atoms with Gasteiger partial charge < -0.3 is 33.6 Å². The molecule has 0 bridgehead atoms. The Bertz CT molecular complexity index is 1500. The smallest absolute Gasteiger partial charge is 0.330 e. The first-order chi connectivity index (χ1) is 21.3. The molecule has 2 heterocycles. The van der Waals surface area contributed by atoms with E-state index in [0.717, 1.165) is 24.6 Å². The summed E-state index contributed by atoms with van der Waals surface area (Å²) in [6.45, 7) is 4.02. The minimum atomic E-state index is -0.992. The molecule has 0 saturated carbocycles. The minimum Gasteiger partial charge on any atom is -0.492 e. The molecular formula is C35H44F2N2O7. The fourth-order valence-corrected chi connectivity index (χ4v) is 3.70. The van der Waals surface area contributed by atoms with Gasteiger partial charge in [0.05, 0.1) is 19.7 Å². The molecule has 0 amide bonds. The number of aliphatic hydroxyl groups excluding tert-OH is 1. The summed E-state index contributed by atoms with van der Waals surface area (Å²) in [5.74, 6) is -1.05. The van der Waals surface area contributed by atoms with E-state index in [9.17, 15) is 18.4 Å². The largest absolute Gasteiger partial charge is 0.492 e. The maximum absolute atomic E-state index is 13.0. The normalized spacial score (nSPS) is 10.0. The Morgan fingerprint density at radius 3 is 1.61 bits per heavy atom. The van der Waals surface area contributed by atoms with Crippen LogP contribution in [0.25, 0.3) is 12.2 Å². The summed E-state index contributed by atoms with van der Waals surface area (Å²) in [4.78, 5) is 21.8. The number of aliphatic hydroxyl groups is 1. The predicted octanol–water partition coefficient (Wildman–Crippen LogP) is 6.97. The summed E-state index contributed by atoms with van der Waals surface area (Å²) in [7, 11) is 1.00. The fraction of sp³-hybridized carbons (Fsp3) is 0.257. The van der Waals surface area contributed by atoms with Crippen molar-refractivity contribution in [2.24, 2.45) is 0 Å². The Balaban J connectivity index is 0.000000805. The maximum atomic E-state index is 13.0. The van der Waals surface area contributed by atoms with E-state index in [4.69, 9.17) is 24.4 Å². The molecule has 0 aliphatic rings. The third-order valence-corrected chi connectivity index (χ3v) is 5.60. The molecule has 0 spiro atoms. The number of esters is 1. The molecule has 0 aliphatic carbocycles. The van der Waals surface area contributed by atoms with Crippen LogP contribution in [-0.2, 0) is 27.4 Å². The zero-order chi connectivity index (χ0) is 32.2. The number of carbonyl (C=O) groups is 2. The number of carboxylic acid groups (broad SMARTS) is 1. The summed E-state index contributed by atoms with van der Waals surface area (Å²) >= 11 is 0. The Hall–Kier alpha value is -5.16. The van der Waals surface area contributed by atoms with Crippen LogP contribution in [0.5, 0.6) is 11.5 Å². The van der Waals surface area contributed by atoms with Gasteiger partial charge in [0, 0.05) is 55.2 Å². The Morgan fingerprint density at radius 2 is 1.20 bits per heavy atom. The maximum Gasteiger partial charge on any atom is 0.330 e. The van der Waals surface area contributed by atoms with E-state index < -0.39 is 5.97 Å². The van der Waals surface area contributed by atoms with Crippen LogP contribution in [0, 0.1) is 11.6 Å². The number of hydrogen-bond donors (Lipinski definition) is 2. The summed E-state index contributed by atoms with van der Waals surface area (Å²) in [5.41, 5.74) is 1.64. The van der Waals surface area contributed by atoms with Gasteiger partial charge in [-0.1, -0.05) is 27.0 Å². The van der Waals surface area contributed by atoms with Crippen molar-refractivity contribution in [3.8, 4) is 11.5 Å². The minimum absolute atomic E-state index is 0. The van der Waals surface area contributed by atoms with Crippen molar-refractivity contribution >= 4 is 24.1 Å². The molecule has 0 atom stereocenters. The number of aromatic nitrogens is 2. The van der Waals surface area contributed by atoms with E-state index in [1.807, 2.05) is 45.8 Å². The lowest BCUT2D eigenvalue weighted by molar-refractivity contribution is -0.137. The number of carbonyl (C=O) groups excluding carboxylic acids is 1. The van der Waals surface area contributed by atoms with Gasteiger partial charge in [0.2, 0.25) is 0 Å². The third-order valence-electron chi connectivity index (χ3n) is 5.60. The average Bonchev–Trinajstić information content (AvgIpc) is 3.66. The molecule has 11 heteroatoms. The van der Waals surface area contributed by atoms with E-state index in [0.29, 0.717) is 44.4 Å². The first kappa shape index (κ1) is 40.8. The summed E-state index contributed by atoms with van der Waals surface area (Å²) < 4.78 is 45.6. The molecular weight excluding hydrogens is 598 g/mol. The zero-order valence-electron chi connectivity index (χ0n) is 24.5. The molecule has 9 nitrogen and oxygen atoms in total. The van der Waals surface area contributed by atoms with E-state index in [1.54, 1.807) is 37.3 Å². The highest BCUT2D eigenvalue weighted by atomic mass is 19.1. The molecule has 0 fully saturated rings. The SMILES string of the molecule is C.C.CCOC(=O)/C=C/c1cccn1CCOc1cccc(F)c1.CO.O=C(O)/C=C/c1cccn1CCOc1cccc(F)c1. The van der Waals surface area contributed by atoms with E-state index in [-0.39, 0.29) is 32.5 Å². The highest BCUT2D eigenvalue weighted by molar-refractivity contribution is 5.86. The molecule has 0 aliphatic heterocycles. The summed E-state index contributed by atoms with van der Waals surface area (Å²) in [5, 5.41) is 15.6. The van der Waals surface area contributed by atoms with Crippen molar-refractivity contribution in [1.82, 2.24) is 9.13 Å². The van der Waals surface area contributed by atoms with Gasteiger partial charge in [0.25, 0.3) is 0 Å². The molecule has 0 radical (unpaired) electrons. The van der Waals surface area contributed by atoms with Crippen LogP contribution in [-0.4, -0.2) is 58.2 Å². The lowest BCUT2D eigenvalue weighted by Crippen LogP contribution is -2.08. The van der Waals surface area contributed by atoms with Crippen LogP contribution in [0.4, 0.5) is 8.78 Å². The van der Waals surface area contributed by atoms with Crippen molar-refractivity contribution in [3.63, 3.8) is 0 Å². The zero-order valence-corrected chi connectivity index (χ0v) is 24.5. The van der Waals surface area contributed by atoms with Crippen molar-refractivity contribution < 1.29 is 42.8 Å². The topological polar surface area (TPSA) is 112 Å². The number of halogens is 2. The van der Waals surface area contributed by atoms with Crippen LogP contribution in [0.2, 0.25) is 0 Å². The molecule has 46 heavy (non-hydrogen) atoms.